The predicted molar refractivity (Wildman–Crippen MR) is 139 cm³/mol. The van der Waals surface area contributed by atoms with Gasteiger partial charge in [0.15, 0.2) is 0 Å². The third kappa shape index (κ3) is 9.96. The van der Waals surface area contributed by atoms with Crippen molar-refractivity contribution in [3.8, 4) is 0 Å². The number of aliphatic imine (C=N–C) groups is 1. The van der Waals surface area contributed by atoms with Crippen LogP contribution in [0.15, 0.2) is 56.9 Å². The van der Waals surface area contributed by atoms with E-state index in [2.05, 4.69) is 68.9 Å². The Morgan fingerprint density at radius 1 is 1.23 bits per heavy atom. The second-order valence-electron chi connectivity index (χ2n) is 9.58. The third-order valence-electron chi connectivity index (χ3n) is 5.11. The molecule has 1 aliphatic rings. The van der Waals surface area contributed by atoms with Gasteiger partial charge in [-0.05, 0) is 63.0 Å². The monoisotopic (exact) mass is 455 g/mol. The molecule has 168 valence electrons. The van der Waals surface area contributed by atoms with Crippen molar-refractivity contribution in [3.63, 3.8) is 0 Å². The molecule has 0 saturated heterocycles. The average Bonchev–Trinajstić information content (AvgIpc) is 3.23. The predicted octanol–water partition coefficient (Wildman–Crippen LogP) is 7.87. The fourth-order valence-corrected chi connectivity index (χ4v) is 5.14. The van der Waals surface area contributed by atoms with Crippen LogP contribution in [0.5, 0.6) is 0 Å². The Morgan fingerprint density at radius 2 is 1.94 bits per heavy atom. The molecule has 0 amide bonds. The smallest absolute Gasteiger partial charge is 0.0803 e. The Kier molecular flexibility index (Phi) is 10.2. The molecule has 5 heteroatoms. The van der Waals surface area contributed by atoms with E-state index in [0.29, 0.717) is 11.3 Å². The summed E-state index contributed by atoms with van der Waals surface area (Å²) in [4.78, 5) is 8.59. The van der Waals surface area contributed by atoms with Crippen molar-refractivity contribution in [2.75, 3.05) is 5.75 Å². The van der Waals surface area contributed by atoms with E-state index in [1.807, 2.05) is 24.8 Å². The number of benzene rings is 1. The van der Waals surface area contributed by atoms with Gasteiger partial charge in [-0.2, -0.15) is 0 Å². The Hall–Kier alpha value is -1.72. The Bertz CT molecular complexity index is 890. The first kappa shape index (κ1) is 25.5. The van der Waals surface area contributed by atoms with E-state index >= 15 is 0 Å². The van der Waals surface area contributed by atoms with Gasteiger partial charge in [0.2, 0.25) is 0 Å². The van der Waals surface area contributed by atoms with E-state index in [9.17, 15) is 0 Å². The van der Waals surface area contributed by atoms with Crippen molar-refractivity contribution in [1.29, 1.82) is 5.41 Å². The zero-order valence-electron chi connectivity index (χ0n) is 19.9. The van der Waals surface area contributed by atoms with Gasteiger partial charge in [-0.3, -0.25) is 9.98 Å². The Labute approximate surface area is 197 Å². The number of hydrogen-bond donors (Lipinski definition) is 1. The van der Waals surface area contributed by atoms with Crippen molar-refractivity contribution in [2.45, 2.75) is 71.4 Å². The van der Waals surface area contributed by atoms with Gasteiger partial charge in [0.25, 0.3) is 0 Å². The van der Waals surface area contributed by atoms with Crippen LogP contribution in [0, 0.1) is 16.7 Å². The maximum atomic E-state index is 7.63. The molecule has 1 aromatic heterocycles. The van der Waals surface area contributed by atoms with Crippen molar-refractivity contribution >= 4 is 34.5 Å². The average molecular weight is 456 g/mol. The molecule has 0 spiro atoms. The van der Waals surface area contributed by atoms with Crippen LogP contribution in [0.1, 0.15) is 65.5 Å². The number of nitrogens with zero attached hydrogens (tertiary/aromatic N) is 2. The van der Waals surface area contributed by atoms with Gasteiger partial charge in [-0.15, -0.1) is 23.1 Å². The molecule has 3 nitrogen and oxygen atoms in total. The fourth-order valence-electron chi connectivity index (χ4n) is 3.66. The summed E-state index contributed by atoms with van der Waals surface area (Å²) in [5, 5.41) is 7.63. The Morgan fingerprint density at radius 3 is 2.55 bits per heavy atom. The molecule has 1 unspecified atom stereocenters. The topological polar surface area (TPSA) is 49.1 Å². The summed E-state index contributed by atoms with van der Waals surface area (Å²) >= 11 is 3.47. The van der Waals surface area contributed by atoms with Gasteiger partial charge in [0, 0.05) is 29.3 Å². The lowest BCUT2D eigenvalue weighted by molar-refractivity contribution is 0.409. The number of rotatable bonds is 6. The summed E-state index contributed by atoms with van der Waals surface area (Å²) < 4.78 is 1.25. The molecule has 0 radical (unpaired) electrons. The normalized spacial score (nSPS) is 16.9. The first-order chi connectivity index (χ1) is 14.6. The van der Waals surface area contributed by atoms with E-state index in [1.54, 1.807) is 23.1 Å². The highest BCUT2D eigenvalue weighted by Crippen LogP contribution is 2.26. The van der Waals surface area contributed by atoms with Crippen molar-refractivity contribution in [3.05, 3.63) is 58.9 Å². The van der Waals surface area contributed by atoms with Crippen molar-refractivity contribution in [1.82, 2.24) is 4.98 Å². The highest BCUT2D eigenvalue weighted by atomic mass is 32.2. The molecule has 0 aliphatic heterocycles. The zero-order chi connectivity index (χ0) is 22.9. The van der Waals surface area contributed by atoms with Gasteiger partial charge < -0.3 is 5.41 Å². The molecule has 1 aliphatic carbocycles. The molecule has 1 aromatic carbocycles. The van der Waals surface area contributed by atoms with Crippen LogP contribution in [-0.2, 0) is 12.8 Å². The van der Waals surface area contributed by atoms with Gasteiger partial charge in [0.1, 0.15) is 0 Å². The van der Waals surface area contributed by atoms with Gasteiger partial charge in [-0.25, -0.2) is 0 Å². The van der Waals surface area contributed by atoms with E-state index in [0.717, 1.165) is 42.9 Å². The van der Waals surface area contributed by atoms with Gasteiger partial charge >= 0.3 is 0 Å². The van der Waals surface area contributed by atoms with Crippen LogP contribution in [-0.4, -0.2) is 22.2 Å². The summed E-state index contributed by atoms with van der Waals surface area (Å²) in [6.07, 6.45) is 8.39. The molecular weight excluding hydrogens is 418 g/mol. The number of aryl methyl sites for hydroxylation is 1. The number of hydrogen-bond acceptors (Lipinski definition) is 5. The van der Waals surface area contributed by atoms with E-state index in [-0.39, 0.29) is 0 Å². The minimum absolute atomic E-state index is 0.335. The lowest BCUT2D eigenvalue weighted by atomic mass is 9.82. The summed E-state index contributed by atoms with van der Waals surface area (Å²) in [5.74, 6) is 1.43. The largest absolute Gasteiger partial charge is 0.310 e. The third-order valence-corrected chi connectivity index (χ3v) is 7.27. The number of thioether (sulfide) groups is 1. The van der Waals surface area contributed by atoms with Crippen molar-refractivity contribution in [2.24, 2.45) is 16.3 Å². The van der Waals surface area contributed by atoms with Gasteiger partial charge in [0.05, 0.1) is 15.9 Å². The molecule has 3 rings (SSSR count). The maximum absolute atomic E-state index is 7.63. The second kappa shape index (κ2) is 12.4. The first-order valence-electron chi connectivity index (χ1n) is 11.0. The summed E-state index contributed by atoms with van der Waals surface area (Å²) in [6.45, 7) is 12.9. The maximum Gasteiger partial charge on any atom is 0.0803 e. The van der Waals surface area contributed by atoms with Crippen LogP contribution in [0.3, 0.4) is 0 Å². The van der Waals surface area contributed by atoms with Crippen LogP contribution in [0.4, 0.5) is 0 Å². The number of thiazole rings is 1. The van der Waals surface area contributed by atoms with Crippen LogP contribution >= 0.6 is 23.1 Å². The standard InChI is InChI=1S/C14H22N2S2.C12H15N/c1-11(6-14(3,4)5)7-16-12(2)9-17-13-8-15-10-18-13;1-9(13)11-7-6-10-4-2-3-5-12(10)8-11/h7-8,10H,6,9H2,1-5H3;2-5,11,13H,6-8H2,1H3/b11-7+,16-12?;. The quantitative estimate of drug-likeness (QED) is 0.356. The first-order valence-corrected chi connectivity index (χ1v) is 12.8. The van der Waals surface area contributed by atoms with Crippen LogP contribution in [0.2, 0.25) is 0 Å². The fraction of sp³-hybridized carbons (Fsp3) is 0.500. The van der Waals surface area contributed by atoms with Gasteiger partial charge in [-0.1, -0.05) is 50.6 Å². The lowest BCUT2D eigenvalue weighted by Gasteiger charge is -2.23. The number of aromatic nitrogens is 1. The van der Waals surface area contributed by atoms with E-state index in [1.165, 1.54) is 20.9 Å². The molecule has 31 heavy (non-hydrogen) atoms. The highest BCUT2D eigenvalue weighted by Gasteiger charge is 2.19. The summed E-state index contributed by atoms with van der Waals surface area (Å²) in [6, 6.07) is 8.62. The number of nitrogens with one attached hydrogen (secondary N) is 1. The zero-order valence-corrected chi connectivity index (χ0v) is 21.5. The van der Waals surface area contributed by atoms with Crippen LogP contribution < -0.4 is 0 Å². The summed E-state index contributed by atoms with van der Waals surface area (Å²) in [7, 11) is 0. The molecule has 1 atom stereocenters. The molecular formula is C26H37N3S2. The van der Waals surface area contributed by atoms with Crippen LogP contribution in [0.25, 0.3) is 0 Å². The molecule has 1 heterocycles. The van der Waals surface area contributed by atoms with Crippen molar-refractivity contribution < 1.29 is 0 Å². The molecule has 0 saturated carbocycles. The molecule has 0 fully saturated rings. The molecule has 0 bridgehead atoms. The number of fused-ring (bicyclic) bond motifs is 1. The second-order valence-corrected chi connectivity index (χ2v) is 11.7. The molecule has 1 N–H and O–H groups in total. The minimum atomic E-state index is 0.335. The van der Waals surface area contributed by atoms with E-state index < -0.39 is 0 Å². The van der Waals surface area contributed by atoms with E-state index in [4.69, 9.17) is 5.41 Å². The SMILES string of the molecule is CC(=N)C1CCc2ccccc2C1.CC(CSc1cncs1)=N/C=C(\C)CC(C)(C)C. The summed E-state index contributed by atoms with van der Waals surface area (Å²) in [5.41, 5.74) is 8.47. The minimum Gasteiger partial charge on any atom is -0.310 e. The highest BCUT2D eigenvalue weighted by molar-refractivity contribution is 8.01. The Balaban J connectivity index is 0.000000231. The number of allylic oxidation sites excluding steroid dienone is 1. The lowest BCUT2D eigenvalue weighted by Crippen LogP contribution is -2.19. The molecule has 2 aromatic rings.